The number of hydrogen-bond acceptors (Lipinski definition) is 6. The predicted octanol–water partition coefficient (Wildman–Crippen LogP) is 5.50. The lowest BCUT2D eigenvalue weighted by Crippen LogP contribution is -2.39. The van der Waals surface area contributed by atoms with Crippen LogP contribution in [-0.4, -0.2) is 33.9 Å². The molecule has 3 aromatic rings. The van der Waals surface area contributed by atoms with E-state index in [9.17, 15) is 26.4 Å². The molecule has 1 aliphatic rings. The second-order valence-corrected chi connectivity index (χ2v) is 11.1. The summed E-state index contributed by atoms with van der Waals surface area (Å²) in [5.74, 6) is 0.0908. The van der Waals surface area contributed by atoms with Crippen LogP contribution in [0.4, 0.5) is 18.9 Å². The van der Waals surface area contributed by atoms with Crippen LogP contribution < -0.4 is 19.2 Å². The summed E-state index contributed by atoms with van der Waals surface area (Å²) in [4.78, 5) is 12.5. The fourth-order valence-electron chi connectivity index (χ4n) is 3.41. The van der Waals surface area contributed by atoms with Gasteiger partial charge in [-0.1, -0.05) is 29.3 Å². The van der Waals surface area contributed by atoms with Crippen LogP contribution in [0.1, 0.15) is 16.7 Å². The third kappa shape index (κ3) is 6.05. The van der Waals surface area contributed by atoms with Gasteiger partial charge in [0.25, 0.3) is 15.9 Å². The first-order chi connectivity index (χ1) is 17.9. The number of amides is 1. The van der Waals surface area contributed by atoms with Crippen molar-refractivity contribution >= 4 is 55.4 Å². The van der Waals surface area contributed by atoms with E-state index in [-0.39, 0.29) is 11.7 Å². The third-order valence-corrected chi connectivity index (χ3v) is 8.13. The van der Waals surface area contributed by atoms with Gasteiger partial charge in [-0.05, 0) is 65.3 Å². The number of nitrogens with zero attached hydrogens (tertiary/aromatic N) is 2. The highest BCUT2D eigenvalue weighted by atomic mass is 79.9. The number of nitrogens with one attached hydrogen (secondary N) is 1. The van der Waals surface area contributed by atoms with Gasteiger partial charge >= 0.3 is 6.18 Å². The molecule has 0 saturated heterocycles. The number of hydrogen-bond donors (Lipinski definition) is 1. The number of fused-ring (bicyclic) bond motifs is 1. The standard InChI is InChI=1S/C24H18BrClF3N3O5S/c1-14-2-5-17(6-3-14)38(34,35)32(16-4-7-20(26)18(9-16)24(27,28)29)12-23(33)31-30-11-15-8-21-22(10-19(15)25)37-13-36-21/h2-11H,12-13H2,1H3,(H,31,33)/b30-11-. The molecule has 0 bridgehead atoms. The Morgan fingerprint density at radius 3 is 2.45 bits per heavy atom. The fourth-order valence-corrected chi connectivity index (χ4v) is 5.47. The SMILES string of the molecule is Cc1ccc(S(=O)(=O)N(CC(=O)N/N=C\c2cc3c(cc2Br)OCO3)c2ccc(Cl)c(C(F)(F)F)c2)cc1. The molecule has 0 unspecified atom stereocenters. The summed E-state index contributed by atoms with van der Waals surface area (Å²) in [6, 6.07) is 11.5. The van der Waals surface area contributed by atoms with Crippen molar-refractivity contribution in [3.05, 3.63) is 80.8 Å². The summed E-state index contributed by atoms with van der Waals surface area (Å²) in [6.07, 6.45) is -3.57. The molecule has 0 spiro atoms. The second-order valence-electron chi connectivity index (χ2n) is 8.01. The van der Waals surface area contributed by atoms with Crippen molar-refractivity contribution in [3.63, 3.8) is 0 Å². The fraction of sp³-hybridized carbons (Fsp3) is 0.167. The summed E-state index contributed by atoms with van der Waals surface area (Å²) < 4.78 is 79.1. The largest absolute Gasteiger partial charge is 0.454 e. The lowest BCUT2D eigenvalue weighted by molar-refractivity contribution is -0.137. The van der Waals surface area contributed by atoms with Crippen molar-refractivity contribution in [2.24, 2.45) is 5.10 Å². The number of carbonyl (C=O) groups excluding carboxylic acids is 1. The van der Waals surface area contributed by atoms with Crippen LogP contribution in [-0.2, 0) is 21.0 Å². The number of anilines is 1. The van der Waals surface area contributed by atoms with E-state index in [1.54, 1.807) is 19.1 Å². The van der Waals surface area contributed by atoms with E-state index < -0.39 is 44.9 Å². The lowest BCUT2D eigenvalue weighted by atomic mass is 10.2. The highest BCUT2D eigenvalue weighted by Crippen LogP contribution is 2.38. The van der Waals surface area contributed by atoms with Gasteiger partial charge in [-0.25, -0.2) is 13.8 Å². The molecule has 4 rings (SSSR count). The minimum atomic E-state index is -4.85. The molecular weight excluding hydrogens is 615 g/mol. The number of ether oxygens (including phenoxy) is 2. The number of alkyl halides is 3. The third-order valence-electron chi connectivity index (χ3n) is 5.32. The number of carbonyl (C=O) groups is 1. The molecule has 0 aromatic heterocycles. The molecular formula is C24H18BrClF3N3O5S. The van der Waals surface area contributed by atoms with E-state index in [1.807, 2.05) is 0 Å². The van der Waals surface area contributed by atoms with E-state index in [2.05, 4.69) is 26.5 Å². The molecule has 0 aliphatic carbocycles. The van der Waals surface area contributed by atoms with Gasteiger partial charge in [0.05, 0.1) is 27.4 Å². The quantitative estimate of drug-likeness (QED) is 0.274. The molecule has 38 heavy (non-hydrogen) atoms. The van der Waals surface area contributed by atoms with Crippen LogP contribution in [0.25, 0.3) is 0 Å². The molecule has 3 aromatic carbocycles. The smallest absolute Gasteiger partial charge is 0.417 e. The van der Waals surface area contributed by atoms with E-state index in [1.165, 1.54) is 30.5 Å². The van der Waals surface area contributed by atoms with Crippen LogP contribution in [0.5, 0.6) is 11.5 Å². The molecule has 0 fully saturated rings. The van der Waals surface area contributed by atoms with Gasteiger partial charge in [0.15, 0.2) is 11.5 Å². The first kappa shape index (κ1) is 27.7. The van der Waals surface area contributed by atoms with Gasteiger partial charge in [0.1, 0.15) is 6.54 Å². The monoisotopic (exact) mass is 631 g/mol. The van der Waals surface area contributed by atoms with Gasteiger partial charge in [-0.2, -0.15) is 18.3 Å². The van der Waals surface area contributed by atoms with Gasteiger partial charge in [0, 0.05) is 10.0 Å². The minimum absolute atomic E-state index is 0.0607. The summed E-state index contributed by atoms with van der Waals surface area (Å²) in [5, 5.41) is 3.22. The first-order valence-corrected chi connectivity index (χ1v) is 13.3. The molecule has 14 heteroatoms. The van der Waals surface area contributed by atoms with Crippen LogP contribution in [0.2, 0.25) is 5.02 Å². The number of sulfonamides is 1. The summed E-state index contributed by atoms with van der Waals surface area (Å²) in [6.45, 7) is 0.937. The maximum atomic E-state index is 13.5. The Labute approximate surface area is 229 Å². The zero-order valence-corrected chi connectivity index (χ0v) is 22.6. The second kappa shape index (κ2) is 10.8. The average Bonchev–Trinajstić information content (AvgIpc) is 3.29. The maximum Gasteiger partial charge on any atom is 0.417 e. The Morgan fingerprint density at radius 2 is 1.79 bits per heavy atom. The summed E-state index contributed by atoms with van der Waals surface area (Å²) in [5.41, 5.74) is 1.84. The van der Waals surface area contributed by atoms with Crippen LogP contribution in [0.15, 0.2) is 69.1 Å². The molecule has 8 nitrogen and oxygen atoms in total. The van der Waals surface area contributed by atoms with Crippen molar-refractivity contribution in [3.8, 4) is 11.5 Å². The Hall–Kier alpha value is -3.29. The molecule has 1 aliphatic heterocycles. The minimum Gasteiger partial charge on any atom is -0.454 e. The lowest BCUT2D eigenvalue weighted by Gasteiger charge is -2.25. The van der Waals surface area contributed by atoms with E-state index in [4.69, 9.17) is 21.1 Å². The van der Waals surface area contributed by atoms with Crippen molar-refractivity contribution in [1.82, 2.24) is 5.43 Å². The Balaban J connectivity index is 1.63. The van der Waals surface area contributed by atoms with Gasteiger partial charge in [0.2, 0.25) is 6.79 Å². The van der Waals surface area contributed by atoms with Gasteiger partial charge in [-0.3, -0.25) is 9.10 Å². The van der Waals surface area contributed by atoms with Gasteiger partial charge < -0.3 is 9.47 Å². The van der Waals surface area contributed by atoms with Crippen molar-refractivity contribution in [1.29, 1.82) is 0 Å². The summed E-state index contributed by atoms with van der Waals surface area (Å²) >= 11 is 9.05. The molecule has 0 saturated carbocycles. The van der Waals surface area contributed by atoms with Crippen LogP contribution >= 0.6 is 27.5 Å². The Kier molecular flexibility index (Phi) is 7.90. The van der Waals surface area contributed by atoms with Crippen molar-refractivity contribution < 1.29 is 35.9 Å². The van der Waals surface area contributed by atoms with Crippen LogP contribution in [0, 0.1) is 6.92 Å². The number of hydrazone groups is 1. The van der Waals surface area contributed by atoms with Gasteiger partial charge in [-0.15, -0.1) is 0 Å². The Morgan fingerprint density at radius 1 is 1.13 bits per heavy atom. The first-order valence-electron chi connectivity index (χ1n) is 10.7. The van der Waals surface area contributed by atoms with E-state index in [0.717, 1.165) is 17.7 Å². The topological polar surface area (TPSA) is 97.3 Å². The predicted molar refractivity (Wildman–Crippen MR) is 138 cm³/mol. The molecule has 0 radical (unpaired) electrons. The number of benzene rings is 3. The van der Waals surface area contributed by atoms with Crippen molar-refractivity contribution in [2.45, 2.75) is 18.0 Å². The van der Waals surface area contributed by atoms with Crippen LogP contribution in [0.3, 0.4) is 0 Å². The highest BCUT2D eigenvalue weighted by Gasteiger charge is 2.35. The molecule has 1 N–H and O–H groups in total. The maximum absolute atomic E-state index is 13.5. The zero-order valence-electron chi connectivity index (χ0n) is 19.4. The normalized spacial score (nSPS) is 13.1. The zero-order chi connectivity index (χ0) is 27.7. The summed E-state index contributed by atoms with van der Waals surface area (Å²) in [7, 11) is -4.46. The van der Waals surface area contributed by atoms with E-state index in [0.29, 0.717) is 31.9 Å². The molecule has 200 valence electrons. The molecule has 1 amide bonds. The highest BCUT2D eigenvalue weighted by molar-refractivity contribution is 9.10. The number of halogens is 5. The average molecular weight is 633 g/mol. The number of rotatable bonds is 7. The Bertz CT molecular complexity index is 1520. The molecule has 1 heterocycles. The van der Waals surface area contributed by atoms with Crippen molar-refractivity contribution in [2.75, 3.05) is 17.6 Å². The van der Waals surface area contributed by atoms with E-state index >= 15 is 0 Å². The molecule has 0 atom stereocenters. The number of aryl methyl sites for hydroxylation is 1.